The third-order valence-corrected chi connectivity index (χ3v) is 5.16. The van der Waals surface area contributed by atoms with E-state index in [2.05, 4.69) is 55.5 Å². The van der Waals surface area contributed by atoms with E-state index in [0.29, 0.717) is 0 Å². The van der Waals surface area contributed by atoms with Crippen LogP contribution in [0.1, 0.15) is 6.92 Å². The van der Waals surface area contributed by atoms with E-state index in [-0.39, 0.29) is 0 Å². The van der Waals surface area contributed by atoms with Crippen LogP contribution in [0.2, 0.25) is 0 Å². The Morgan fingerprint density at radius 3 is 2.68 bits per heavy atom. The summed E-state index contributed by atoms with van der Waals surface area (Å²) in [7, 11) is 0. The Morgan fingerprint density at radius 2 is 1.95 bits per heavy atom. The highest BCUT2D eigenvalue weighted by Crippen LogP contribution is 2.36. The van der Waals surface area contributed by atoms with Crippen LogP contribution in [0.15, 0.2) is 53.4 Å². The Morgan fingerprint density at radius 1 is 1.11 bits per heavy atom. The van der Waals surface area contributed by atoms with Crippen molar-refractivity contribution in [1.82, 2.24) is 0 Å². The minimum atomic E-state index is 0.877. The summed E-state index contributed by atoms with van der Waals surface area (Å²) in [5, 5.41) is 1.30. The second-order valence-corrected chi connectivity index (χ2v) is 6.72. The highest BCUT2D eigenvalue weighted by atomic mass is 32.2. The summed E-state index contributed by atoms with van der Waals surface area (Å²) in [6.45, 7) is 2.14. The molecular weight excluding hydrogens is 270 g/mol. The van der Waals surface area contributed by atoms with E-state index in [9.17, 15) is 0 Å². The van der Waals surface area contributed by atoms with Crippen LogP contribution in [0.3, 0.4) is 0 Å². The van der Waals surface area contributed by atoms with Crippen LogP contribution >= 0.6 is 23.1 Å². The van der Waals surface area contributed by atoms with Gasteiger partial charge >= 0.3 is 0 Å². The van der Waals surface area contributed by atoms with Crippen molar-refractivity contribution in [2.24, 2.45) is 0 Å². The molecule has 2 aromatic carbocycles. The van der Waals surface area contributed by atoms with Gasteiger partial charge in [-0.05, 0) is 41.0 Å². The molecule has 0 saturated heterocycles. The molecule has 1 nitrogen and oxygen atoms in total. The van der Waals surface area contributed by atoms with Gasteiger partial charge in [0, 0.05) is 20.2 Å². The van der Waals surface area contributed by atoms with Crippen molar-refractivity contribution in [2.45, 2.75) is 11.8 Å². The van der Waals surface area contributed by atoms with Crippen molar-refractivity contribution in [2.75, 3.05) is 11.5 Å². The zero-order valence-corrected chi connectivity index (χ0v) is 12.4. The van der Waals surface area contributed by atoms with Gasteiger partial charge in [0.15, 0.2) is 0 Å². The van der Waals surface area contributed by atoms with Crippen LogP contribution in [-0.2, 0) is 0 Å². The summed E-state index contributed by atoms with van der Waals surface area (Å²) in [5.41, 5.74) is 8.21. The number of hydrogen-bond donors (Lipinski definition) is 1. The summed E-state index contributed by atoms with van der Waals surface area (Å²) in [5.74, 6) is 1.05. The summed E-state index contributed by atoms with van der Waals surface area (Å²) < 4.78 is 1.32. The molecule has 0 bridgehead atoms. The van der Waals surface area contributed by atoms with E-state index in [1.165, 1.54) is 25.4 Å². The quantitative estimate of drug-likeness (QED) is 0.524. The zero-order chi connectivity index (χ0) is 13.2. The molecule has 3 aromatic rings. The molecule has 0 saturated carbocycles. The molecule has 1 heterocycles. The topological polar surface area (TPSA) is 26.0 Å². The van der Waals surface area contributed by atoms with Crippen molar-refractivity contribution in [3.8, 4) is 10.4 Å². The normalized spacial score (nSPS) is 11.0. The fraction of sp³-hybridized carbons (Fsp3) is 0.125. The molecule has 2 N–H and O–H groups in total. The molecule has 0 aliphatic heterocycles. The Hall–Kier alpha value is -1.45. The average molecular weight is 285 g/mol. The number of nitrogen functional groups attached to an aromatic ring is 1. The van der Waals surface area contributed by atoms with Crippen LogP contribution in [0.5, 0.6) is 0 Å². The van der Waals surface area contributed by atoms with Gasteiger partial charge in [0.1, 0.15) is 0 Å². The highest BCUT2D eigenvalue weighted by Gasteiger charge is 2.06. The molecule has 0 aliphatic carbocycles. The van der Waals surface area contributed by atoms with E-state index in [1.54, 1.807) is 11.8 Å². The van der Waals surface area contributed by atoms with Gasteiger partial charge in [0.05, 0.1) is 0 Å². The summed E-state index contributed by atoms with van der Waals surface area (Å²) >= 11 is 3.61. The molecule has 3 heteroatoms. The third-order valence-electron chi connectivity index (χ3n) is 3.02. The van der Waals surface area contributed by atoms with Gasteiger partial charge in [-0.3, -0.25) is 0 Å². The molecule has 0 amide bonds. The maximum Gasteiger partial charge on any atom is 0.0458 e. The molecular formula is C16H15NS2. The number of thiophene rings is 1. The van der Waals surface area contributed by atoms with Crippen LogP contribution in [0.4, 0.5) is 5.69 Å². The molecule has 3 rings (SSSR count). The van der Waals surface area contributed by atoms with Gasteiger partial charge in [0.2, 0.25) is 0 Å². The fourth-order valence-electron chi connectivity index (χ4n) is 2.11. The lowest BCUT2D eigenvalue weighted by Crippen LogP contribution is -1.89. The monoisotopic (exact) mass is 285 g/mol. The van der Waals surface area contributed by atoms with E-state index < -0.39 is 0 Å². The van der Waals surface area contributed by atoms with Crippen molar-refractivity contribution >= 4 is 38.9 Å². The molecule has 19 heavy (non-hydrogen) atoms. The minimum Gasteiger partial charge on any atom is -0.398 e. The second-order valence-electron chi connectivity index (χ2n) is 4.33. The SMILES string of the molecule is CCSc1ccc(-c2cc3ccccc3s2)cc1N. The summed E-state index contributed by atoms with van der Waals surface area (Å²) in [6.07, 6.45) is 0. The first-order chi connectivity index (χ1) is 9.28. The number of rotatable bonds is 3. The van der Waals surface area contributed by atoms with Crippen molar-refractivity contribution in [3.05, 3.63) is 48.5 Å². The summed E-state index contributed by atoms with van der Waals surface area (Å²) in [4.78, 5) is 2.45. The molecule has 0 radical (unpaired) electrons. The molecule has 0 atom stereocenters. The number of anilines is 1. The average Bonchev–Trinajstić information content (AvgIpc) is 2.85. The van der Waals surface area contributed by atoms with Gasteiger partial charge in [0.25, 0.3) is 0 Å². The van der Waals surface area contributed by atoms with E-state index in [1.807, 2.05) is 11.3 Å². The second kappa shape index (κ2) is 5.27. The van der Waals surface area contributed by atoms with E-state index in [4.69, 9.17) is 5.73 Å². The Kier molecular flexibility index (Phi) is 3.49. The van der Waals surface area contributed by atoms with Crippen LogP contribution < -0.4 is 5.73 Å². The van der Waals surface area contributed by atoms with E-state index in [0.717, 1.165) is 11.4 Å². The Bertz CT molecular complexity index is 683. The summed E-state index contributed by atoms with van der Waals surface area (Å²) in [6, 6.07) is 17.1. The first-order valence-corrected chi connectivity index (χ1v) is 8.09. The molecule has 0 fully saturated rings. The molecule has 96 valence electrons. The lowest BCUT2D eigenvalue weighted by molar-refractivity contribution is 1.43. The molecule has 0 unspecified atom stereocenters. The standard InChI is InChI=1S/C16H15NS2/c1-2-18-15-8-7-12(9-13(15)17)16-10-11-5-3-4-6-14(11)19-16/h3-10H,2,17H2,1H3. The van der Waals surface area contributed by atoms with Crippen LogP contribution in [0, 0.1) is 0 Å². The predicted molar refractivity (Wildman–Crippen MR) is 88.1 cm³/mol. The number of benzene rings is 2. The van der Waals surface area contributed by atoms with Gasteiger partial charge in [-0.2, -0.15) is 0 Å². The molecule has 0 spiro atoms. The van der Waals surface area contributed by atoms with Gasteiger partial charge in [-0.15, -0.1) is 23.1 Å². The number of nitrogens with two attached hydrogens (primary N) is 1. The highest BCUT2D eigenvalue weighted by molar-refractivity contribution is 7.99. The minimum absolute atomic E-state index is 0.877. The van der Waals surface area contributed by atoms with E-state index >= 15 is 0 Å². The Balaban J connectivity index is 2.03. The lowest BCUT2D eigenvalue weighted by Gasteiger charge is -2.05. The van der Waals surface area contributed by atoms with Gasteiger partial charge < -0.3 is 5.73 Å². The number of hydrogen-bond acceptors (Lipinski definition) is 3. The van der Waals surface area contributed by atoms with Crippen molar-refractivity contribution < 1.29 is 0 Å². The first kappa shape index (κ1) is 12.6. The van der Waals surface area contributed by atoms with Crippen LogP contribution in [-0.4, -0.2) is 5.75 Å². The fourth-order valence-corrected chi connectivity index (χ4v) is 3.87. The maximum absolute atomic E-state index is 6.12. The lowest BCUT2D eigenvalue weighted by atomic mass is 10.1. The third kappa shape index (κ3) is 2.48. The Labute approximate surface area is 121 Å². The van der Waals surface area contributed by atoms with Gasteiger partial charge in [-0.1, -0.05) is 31.2 Å². The smallest absolute Gasteiger partial charge is 0.0458 e. The molecule has 0 aliphatic rings. The molecule has 1 aromatic heterocycles. The largest absolute Gasteiger partial charge is 0.398 e. The van der Waals surface area contributed by atoms with Crippen molar-refractivity contribution in [1.29, 1.82) is 0 Å². The zero-order valence-electron chi connectivity index (χ0n) is 10.7. The van der Waals surface area contributed by atoms with Crippen molar-refractivity contribution in [3.63, 3.8) is 0 Å². The van der Waals surface area contributed by atoms with Gasteiger partial charge in [-0.25, -0.2) is 0 Å². The predicted octanol–water partition coefficient (Wildman–Crippen LogP) is 5.26. The maximum atomic E-state index is 6.12. The first-order valence-electron chi connectivity index (χ1n) is 6.29. The number of thioether (sulfide) groups is 1. The number of fused-ring (bicyclic) bond motifs is 1. The van der Waals surface area contributed by atoms with Crippen LogP contribution in [0.25, 0.3) is 20.5 Å².